The normalized spacial score (nSPS) is 12.8. The van der Waals surface area contributed by atoms with E-state index >= 15 is 0 Å². The molecule has 1 unspecified atom stereocenters. The van der Waals surface area contributed by atoms with Crippen molar-refractivity contribution in [2.45, 2.75) is 31.2 Å². The number of nitrogens with one attached hydrogen (secondary N) is 2. The summed E-state index contributed by atoms with van der Waals surface area (Å²) >= 11 is 0. The standard InChI is InChI=1S/C28H28N2O5/c31-26(32)15-14-25(27(33)29-17-16-19-8-2-1-3-9-19)30-28(34)35-18-24-22-12-6-4-10-20(22)21-11-5-7-13-23(21)24/h1-13,24-25H,14-18H2,(H,29,33)(H,30,34)(H,31,32). The second-order valence-electron chi connectivity index (χ2n) is 8.48. The van der Waals surface area contributed by atoms with Crippen LogP contribution in [0.1, 0.15) is 35.4 Å². The molecule has 0 heterocycles. The van der Waals surface area contributed by atoms with E-state index in [0.717, 1.165) is 27.8 Å². The van der Waals surface area contributed by atoms with Crippen LogP contribution in [0.15, 0.2) is 78.9 Å². The first-order chi connectivity index (χ1) is 17.0. The largest absolute Gasteiger partial charge is 0.481 e. The number of carboxylic acids is 1. The van der Waals surface area contributed by atoms with Crippen LogP contribution >= 0.6 is 0 Å². The van der Waals surface area contributed by atoms with Crippen LogP contribution in [0, 0.1) is 0 Å². The Morgan fingerprint density at radius 2 is 1.46 bits per heavy atom. The molecular weight excluding hydrogens is 444 g/mol. The Morgan fingerprint density at radius 3 is 2.09 bits per heavy atom. The molecule has 0 spiro atoms. The number of hydrogen-bond acceptors (Lipinski definition) is 4. The molecular formula is C28H28N2O5. The number of alkyl carbamates (subject to hydrolysis) is 1. The lowest BCUT2D eigenvalue weighted by atomic mass is 9.98. The summed E-state index contributed by atoms with van der Waals surface area (Å²) in [6, 6.07) is 24.7. The Bertz CT molecular complexity index is 1150. The Balaban J connectivity index is 1.35. The monoisotopic (exact) mass is 472 g/mol. The number of benzene rings is 3. The Morgan fingerprint density at radius 1 is 0.857 bits per heavy atom. The molecule has 1 aliphatic rings. The third-order valence-electron chi connectivity index (χ3n) is 6.15. The van der Waals surface area contributed by atoms with E-state index in [1.807, 2.05) is 66.7 Å². The summed E-state index contributed by atoms with van der Waals surface area (Å²) in [4.78, 5) is 36.4. The number of fused-ring (bicyclic) bond motifs is 3. The fraction of sp³-hybridized carbons (Fsp3) is 0.250. The highest BCUT2D eigenvalue weighted by Crippen LogP contribution is 2.44. The molecule has 180 valence electrons. The quantitative estimate of drug-likeness (QED) is 0.412. The Kier molecular flexibility index (Phi) is 7.77. The Labute approximate surface area is 204 Å². The van der Waals surface area contributed by atoms with Crippen molar-refractivity contribution in [2.24, 2.45) is 0 Å². The first-order valence-corrected chi connectivity index (χ1v) is 11.7. The third-order valence-corrected chi connectivity index (χ3v) is 6.15. The van der Waals surface area contributed by atoms with Gasteiger partial charge < -0.3 is 20.5 Å². The van der Waals surface area contributed by atoms with Crippen LogP contribution in [-0.4, -0.2) is 42.3 Å². The first kappa shape index (κ1) is 24.0. The maximum atomic E-state index is 12.7. The van der Waals surface area contributed by atoms with Crippen LogP contribution in [0.5, 0.6) is 0 Å². The highest BCUT2D eigenvalue weighted by Gasteiger charge is 2.29. The van der Waals surface area contributed by atoms with E-state index in [0.29, 0.717) is 13.0 Å². The molecule has 0 bridgehead atoms. The van der Waals surface area contributed by atoms with Crippen molar-refractivity contribution in [2.75, 3.05) is 13.2 Å². The van der Waals surface area contributed by atoms with E-state index in [2.05, 4.69) is 22.8 Å². The zero-order valence-corrected chi connectivity index (χ0v) is 19.3. The summed E-state index contributed by atoms with van der Waals surface area (Å²) in [5.74, 6) is -1.58. The fourth-order valence-corrected chi connectivity index (χ4v) is 4.42. The molecule has 7 nitrogen and oxygen atoms in total. The minimum Gasteiger partial charge on any atom is -0.481 e. The summed E-state index contributed by atoms with van der Waals surface area (Å²) in [6.45, 7) is 0.486. The van der Waals surface area contributed by atoms with Gasteiger partial charge in [0.1, 0.15) is 12.6 Å². The topological polar surface area (TPSA) is 105 Å². The molecule has 4 rings (SSSR count). The van der Waals surface area contributed by atoms with Crippen LogP contribution < -0.4 is 10.6 Å². The van der Waals surface area contributed by atoms with Gasteiger partial charge in [0, 0.05) is 18.9 Å². The van der Waals surface area contributed by atoms with Gasteiger partial charge in [0.05, 0.1) is 0 Å². The summed E-state index contributed by atoms with van der Waals surface area (Å²) < 4.78 is 5.52. The van der Waals surface area contributed by atoms with Crippen molar-refractivity contribution in [1.82, 2.24) is 10.6 Å². The smallest absolute Gasteiger partial charge is 0.407 e. The average molecular weight is 473 g/mol. The second kappa shape index (κ2) is 11.3. The Hall–Kier alpha value is -4.13. The van der Waals surface area contributed by atoms with E-state index < -0.39 is 24.0 Å². The molecule has 0 fully saturated rings. The maximum Gasteiger partial charge on any atom is 0.407 e. The molecule has 2 amide bonds. The van der Waals surface area contributed by atoms with Gasteiger partial charge in [0.2, 0.25) is 5.91 Å². The highest BCUT2D eigenvalue weighted by atomic mass is 16.5. The van der Waals surface area contributed by atoms with Crippen molar-refractivity contribution in [1.29, 1.82) is 0 Å². The van der Waals surface area contributed by atoms with Crippen LogP contribution in [0.25, 0.3) is 11.1 Å². The molecule has 0 saturated heterocycles. The van der Waals surface area contributed by atoms with Crippen molar-refractivity contribution >= 4 is 18.0 Å². The molecule has 0 aromatic heterocycles. The fourth-order valence-electron chi connectivity index (χ4n) is 4.42. The van der Waals surface area contributed by atoms with Crippen molar-refractivity contribution in [3.8, 4) is 11.1 Å². The molecule has 3 aromatic carbocycles. The predicted molar refractivity (Wildman–Crippen MR) is 132 cm³/mol. The molecule has 0 aliphatic heterocycles. The van der Waals surface area contributed by atoms with E-state index in [4.69, 9.17) is 9.84 Å². The van der Waals surface area contributed by atoms with Crippen molar-refractivity contribution in [3.05, 3.63) is 95.6 Å². The van der Waals surface area contributed by atoms with Gasteiger partial charge in [-0.2, -0.15) is 0 Å². The number of hydrogen-bond donors (Lipinski definition) is 3. The van der Waals surface area contributed by atoms with E-state index in [1.54, 1.807) is 0 Å². The van der Waals surface area contributed by atoms with E-state index in [9.17, 15) is 14.4 Å². The summed E-state index contributed by atoms with van der Waals surface area (Å²) in [7, 11) is 0. The summed E-state index contributed by atoms with van der Waals surface area (Å²) in [5, 5.41) is 14.4. The maximum absolute atomic E-state index is 12.7. The zero-order valence-electron chi connectivity index (χ0n) is 19.3. The van der Waals surface area contributed by atoms with Gasteiger partial charge in [-0.1, -0.05) is 78.9 Å². The van der Waals surface area contributed by atoms with E-state index in [1.165, 1.54) is 0 Å². The lowest BCUT2D eigenvalue weighted by Crippen LogP contribution is -2.47. The van der Waals surface area contributed by atoms with Gasteiger partial charge >= 0.3 is 12.1 Å². The number of carboxylic acid groups (broad SMARTS) is 1. The van der Waals surface area contributed by atoms with Gasteiger partial charge in [0.15, 0.2) is 0 Å². The van der Waals surface area contributed by atoms with Crippen LogP contribution in [-0.2, 0) is 20.7 Å². The van der Waals surface area contributed by atoms with Crippen LogP contribution in [0.3, 0.4) is 0 Å². The van der Waals surface area contributed by atoms with E-state index in [-0.39, 0.29) is 25.4 Å². The molecule has 3 N–H and O–H groups in total. The van der Waals surface area contributed by atoms with Gasteiger partial charge in [0.25, 0.3) is 0 Å². The van der Waals surface area contributed by atoms with Gasteiger partial charge in [-0.15, -0.1) is 0 Å². The summed E-state index contributed by atoms with van der Waals surface area (Å²) in [6.07, 6.45) is -0.402. The average Bonchev–Trinajstić information content (AvgIpc) is 3.19. The van der Waals surface area contributed by atoms with Crippen molar-refractivity contribution < 1.29 is 24.2 Å². The molecule has 7 heteroatoms. The first-order valence-electron chi connectivity index (χ1n) is 11.7. The van der Waals surface area contributed by atoms with Crippen molar-refractivity contribution in [3.63, 3.8) is 0 Å². The van der Waals surface area contributed by atoms with Crippen LogP contribution in [0.2, 0.25) is 0 Å². The number of carbonyl (C=O) groups excluding carboxylic acids is 2. The van der Waals surface area contributed by atoms with Gasteiger partial charge in [-0.3, -0.25) is 9.59 Å². The zero-order chi connectivity index (χ0) is 24.6. The number of aliphatic carboxylic acids is 1. The second-order valence-corrected chi connectivity index (χ2v) is 8.48. The lowest BCUT2D eigenvalue weighted by Gasteiger charge is -2.19. The molecule has 0 radical (unpaired) electrons. The predicted octanol–water partition coefficient (Wildman–Crippen LogP) is 4.12. The highest BCUT2D eigenvalue weighted by molar-refractivity contribution is 5.86. The minimum absolute atomic E-state index is 0.0311. The minimum atomic E-state index is -1.04. The van der Waals surface area contributed by atoms with Crippen LogP contribution in [0.4, 0.5) is 4.79 Å². The number of carbonyl (C=O) groups is 3. The molecule has 1 aliphatic carbocycles. The molecule has 35 heavy (non-hydrogen) atoms. The lowest BCUT2D eigenvalue weighted by molar-refractivity contribution is -0.137. The van der Waals surface area contributed by atoms with Gasteiger partial charge in [-0.05, 0) is 40.7 Å². The summed E-state index contributed by atoms with van der Waals surface area (Å²) in [5.41, 5.74) is 5.48. The molecule has 0 saturated carbocycles. The number of amides is 2. The molecule has 1 atom stereocenters. The number of ether oxygens (including phenoxy) is 1. The molecule has 3 aromatic rings. The third kappa shape index (κ3) is 6.06. The SMILES string of the molecule is O=C(O)CCC(NC(=O)OCC1c2ccccc2-c2ccccc21)C(=O)NCCc1ccccc1. The van der Waals surface area contributed by atoms with Gasteiger partial charge in [-0.25, -0.2) is 4.79 Å². The number of rotatable bonds is 10.